The lowest BCUT2D eigenvalue weighted by molar-refractivity contribution is 0.122. The number of hydrogen-bond acceptors (Lipinski definition) is 26. The van der Waals surface area contributed by atoms with Gasteiger partial charge in [-0.15, -0.1) is 0 Å². The van der Waals surface area contributed by atoms with E-state index in [-0.39, 0.29) is 6.61 Å². The van der Waals surface area contributed by atoms with Crippen molar-refractivity contribution in [1.29, 1.82) is 0 Å². The van der Waals surface area contributed by atoms with Gasteiger partial charge in [0.05, 0.1) is 53.1 Å². The minimum absolute atomic E-state index is 0.0714. The topological polar surface area (TPSA) is 375 Å². The van der Waals surface area contributed by atoms with Crippen LogP contribution >= 0.6 is 0 Å². The van der Waals surface area contributed by atoms with E-state index in [9.17, 15) is 5.11 Å². The van der Waals surface area contributed by atoms with Crippen molar-refractivity contribution < 1.29 is 9.84 Å². The normalized spacial score (nSPS) is 14.0. The van der Waals surface area contributed by atoms with Crippen LogP contribution in [0.3, 0.4) is 0 Å². The van der Waals surface area contributed by atoms with Crippen molar-refractivity contribution in [2.24, 2.45) is 0 Å². The van der Waals surface area contributed by atoms with Gasteiger partial charge in [-0.1, -0.05) is 12.1 Å². The number of ether oxygens (including phenoxy) is 1. The maximum absolute atomic E-state index is 9.33. The van der Waals surface area contributed by atoms with E-state index in [0.29, 0.717) is 23.6 Å². The van der Waals surface area contributed by atoms with Crippen molar-refractivity contribution in [3.05, 3.63) is 254 Å². The predicted molar refractivity (Wildman–Crippen MR) is 503 cm³/mol. The fraction of sp³-hybridized carbons (Fsp3) is 0.211. The molecule has 3 fully saturated rings. The monoisotopic (exact) mass is 1670 g/mol. The fourth-order valence-electron chi connectivity index (χ4n) is 16.5. The van der Waals surface area contributed by atoms with E-state index in [1.54, 1.807) is 37.2 Å². The molecular weight excluding hydrogens is 1580 g/mol. The molecule has 0 bridgehead atoms. The highest BCUT2D eigenvalue weighted by Crippen LogP contribution is 2.38. The van der Waals surface area contributed by atoms with E-state index in [4.69, 9.17) is 14.7 Å². The summed E-state index contributed by atoms with van der Waals surface area (Å²) in [6.07, 6.45) is 17.4. The number of hydrogen-bond donors (Lipinski definition) is 11. The second-order valence-electron chi connectivity index (χ2n) is 31.9. The van der Waals surface area contributed by atoms with E-state index in [1.165, 1.54) is 52.6 Å². The highest BCUT2D eigenvalue weighted by Gasteiger charge is 2.28. The number of aromatic nitrogens is 20. The van der Waals surface area contributed by atoms with E-state index < -0.39 is 0 Å². The molecule has 2 saturated heterocycles. The zero-order valence-corrected chi connectivity index (χ0v) is 70.6. The van der Waals surface area contributed by atoms with Gasteiger partial charge in [0.15, 0.2) is 29.1 Å². The first-order chi connectivity index (χ1) is 61.7. The Labute approximate surface area is 723 Å². The van der Waals surface area contributed by atoms with Gasteiger partial charge in [0.1, 0.15) is 45.0 Å². The average molecular weight is 1670 g/mol. The molecule has 126 heavy (non-hydrogen) atoms. The number of nitrogens with zero attached hydrogens (tertiary/aromatic N) is 19. The summed E-state index contributed by atoms with van der Waals surface area (Å²) in [5.41, 5.74) is 18.3. The summed E-state index contributed by atoms with van der Waals surface area (Å²) < 4.78 is 5.48. The molecule has 630 valence electrons. The van der Waals surface area contributed by atoms with E-state index in [0.717, 1.165) is 213 Å². The molecule has 1 unspecified atom stereocenters. The molecule has 11 N–H and O–H groups in total. The lowest BCUT2D eigenvalue weighted by Crippen LogP contribution is -2.37. The number of likely N-dealkylation sites (N-methyl/N-ethyl adjacent to an activating group) is 1. The number of aromatic amines is 5. The first kappa shape index (κ1) is 80.3. The number of morpholine rings is 1. The van der Waals surface area contributed by atoms with E-state index >= 15 is 0 Å². The lowest BCUT2D eigenvalue weighted by atomic mass is 9.91. The molecule has 0 radical (unpaired) electrons. The summed E-state index contributed by atoms with van der Waals surface area (Å²) in [5, 5.41) is 73.9. The summed E-state index contributed by atoms with van der Waals surface area (Å²) in [7, 11) is 6.46. The molecule has 17 heterocycles. The number of aliphatic hydroxyl groups excluding tert-OH is 1. The maximum atomic E-state index is 9.33. The Hall–Kier alpha value is -15.5. The quantitative estimate of drug-likeness (QED) is 0.0428. The van der Waals surface area contributed by atoms with Gasteiger partial charge < -0.3 is 56.0 Å². The molecule has 1 saturated carbocycles. The summed E-state index contributed by atoms with van der Waals surface area (Å²) in [6.45, 7) is 13.4. The molecular formula is C95H93N29O2. The Kier molecular flexibility index (Phi) is 22.6. The van der Waals surface area contributed by atoms with Crippen LogP contribution in [-0.4, -0.2) is 183 Å². The molecule has 20 aromatic rings. The Morgan fingerprint density at radius 2 is 0.762 bits per heavy atom. The van der Waals surface area contributed by atoms with Gasteiger partial charge in [-0.3, -0.25) is 60.4 Å². The van der Waals surface area contributed by atoms with Gasteiger partial charge in [-0.2, -0.15) is 25.5 Å². The van der Waals surface area contributed by atoms with Gasteiger partial charge in [-0.05, 0) is 264 Å². The number of anilines is 13. The summed E-state index contributed by atoms with van der Waals surface area (Å²) in [5.74, 6) is 6.80. The standard InChI is InChI=1S/C21H23N7.C21H22N6.C20H20N6O.C17H15N5.C16H13N5O/c1-27(2)16-8-11-28(13-16)21-17-6-5-15(12-14(17)7-10-23-21)24-20-19-18(25-26-20)4-3-9-22-19;1-13-11-14-12-15(24-20-19-18(25-26-20)7-4-10-22-19)8-9-17(14)21(23-13)27(2)16-5-3-6-16;1-13-11-14-12-15(23-19-18-17(24-25-19)3-2-6-21-18)4-5-16(14)20(22-13)26-7-9-27-10-8-26;1-10-8-12-9-13(5-6-14(12)11(2)19-10)20-17-16-15(21-22-17)4-3-7-18-16;22-9-14-12-4-3-11(8-10(12)5-7-17-14)19-16-15-13(20-21-16)2-1-6-18-15/h3-7,9-10,12,16H,8,11,13H2,1-2H3,(H2,24,25,26);4,7-12,16H,3,5-6H2,1-2H3,(H2,24,25,26);2-6,11-12H,7-10H2,1H3,(H2,23,24,25);3-9H,1-2H3,(H2,20,21,22);1-8,22H,9H2,(H2,19,20,21). The van der Waals surface area contributed by atoms with Crippen molar-refractivity contribution in [2.75, 3.05) is 102 Å². The molecule has 0 amide bonds. The highest BCUT2D eigenvalue weighted by atomic mass is 16.5. The van der Waals surface area contributed by atoms with Crippen molar-refractivity contribution in [3.8, 4) is 0 Å². The number of rotatable bonds is 16. The van der Waals surface area contributed by atoms with Gasteiger partial charge in [0.2, 0.25) is 0 Å². The van der Waals surface area contributed by atoms with Crippen LogP contribution in [0.15, 0.2) is 225 Å². The SMILES string of the molecule is CN(C)C1CCN(c2nccc3cc(Nc4n[nH]c5cccnc45)ccc23)C1.Cc1cc2cc(Nc3n[nH]c4cccnc34)ccc2c(C)n1.Cc1cc2cc(Nc3n[nH]c4cccnc34)ccc2c(N(C)C2CCC2)n1.Cc1cc2cc(Nc3n[nH]c4cccnc34)ccc2c(N2CCOCC2)n1.OCc1nccc2cc(Nc3n[nH]c4cccnc34)ccc12. The molecule has 2 aliphatic heterocycles. The molecule has 15 aromatic heterocycles. The number of aryl methyl sites for hydroxylation is 4. The van der Waals surface area contributed by atoms with Crippen molar-refractivity contribution in [2.45, 2.75) is 72.1 Å². The Morgan fingerprint density at radius 3 is 1.20 bits per heavy atom. The van der Waals surface area contributed by atoms with Gasteiger partial charge >= 0.3 is 0 Å². The zero-order chi connectivity index (χ0) is 85.7. The molecule has 23 rings (SSSR count). The Morgan fingerprint density at radius 1 is 0.373 bits per heavy atom. The zero-order valence-electron chi connectivity index (χ0n) is 70.6. The molecule has 0 spiro atoms. The molecule has 31 nitrogen and oxygen atoms in total. The van der Waals surface area contributed by atoms with Crippen molar-refractivity contribution in [1.82, 2.24) is 106 Å². The minimum Gasteiger partial charge on any atom is -0.390 e. The predicted octanol–water partition coefficient (Wildman–Crippen LogP) is 17.9. The Balaban J connectivity index is 0.000000103. The van der Waals surface area contributed by atoms with Crippen LogP contribution in [0.1, 0.15) is 54.2 Å². The van der Waals surface area contributed by atoms with E-state index in [2.05, 4.69) is 256 Å². The first-order valence-electron chi connectivity index (χ1n) is 42.1. The van der Waals surface area contributed by atoms with Gasteiger partial charge in [0.25, 0.3) is 0 Å². The van der Waals surface area contributed by atoms with Crippen molar-refractivity contribution in [3.63, 3.8) is 0 Å². The number of pyridine rings is 10. The molecule has 5 aromatic carbocycles. The third kappa shape index (κ3) is 17.1. The van der Waals surface area contributed by atoms with Crippen LogP contribution in [0.4, 0.5) is 75.0 Å². The van der Waals surface area contributed by atoms with Crippen LogP contribution in [0.5, 0.6) is 0 Å². The summed E-state index contributed by atoms with van der Waals surface area (Å²) in [6, 6.07) is 61.9. The molecule has 31 heteroatoms. The maximum Gasteiger partial charge on any atom is 0.178 e. The smallest absolute Gasteiger partial charge is 0.178 e. The second kappa shape index (κ2) is 35.5. The second-order valence-corrected chi connectivity index (χ2v) is 31.9. The van der Waals surface area contributed by atoms with Crippen molar-refractivity contribution >= 4 is 184 Å². The lowest BCUT2D eigenvalue weighted by Gasteiger charge is -2.36. The average Bonchev–Trinajstić information content (AvgIpc) is 0.995. The molecule has 3 aliphatic rings. The van der Waals surface area contributed by atoms with E-state index in [1.807, 2.05) is 118 Å². The summed E-state index contributed by atoms with van der Waals surface area (Å²) >= 11 is 0. The van der Waals surface area contributed by atoms with Crippen LogP contribution in [0, 0.1) is 27.7 Å². The highest BCUT2D eigenvalue weighted by molar-refractivity contribution is 6.01. The minimum atomic E-state index is -0.0714. The third-order valence-electron chi connectivity index (χ3n) is 23.1. The summed E-state index contributed by atoms with van der Waals surface area (Å²) in [4.78, 5) is 54.2. The van der Waals surface area contributed by atoms with Gasteiger partial charge in [0, 0.05) is 167 Å². The largest absolute Gasteiger partial charge is 0.390 e. The number of nitrogens with one attached hydrogen (secondary N) is 10. The number of benzene rings is 5. The first-order valence-corrected chi connectivity index (χ1v) is 42.1. The number of aliphatic hydroxyl groups is 1. The van der Waals surface area contributed by atoms with Crippen LogP contribution < -0.4 is 41.3 Å². The fourth-order valence-corrected chi connectivity index (χ4v) is 16.5. The number of fused-ring (bicyclic) bond motifs is 10. The third-order valence-corrected chi connectivity index (χ3v) is 23.1. The van der Waals surface area contributed by atoms with Crippen LogP contribution in [0.25, 0.3) is 109 Å². The number of H-pyrrole nitrogens is 5. The van der Waals surface area contributed by atoms with Crippen LogP contribution in [0.2, 0.25) is 0 Å². The molecule has 1 atom stereocenters. The van der Waals surface area contributed by atoms with Gasteiger partial charge in [-0.25, -0.2) is 15.0 Å². The Bertz CT molecular complexity index is 7170. The molecule has 1 aliphatic carbocycles. The van der Waals surface area contributed by atoms with Crippen LogP contribution in [-0.2, 0) is 11.3 Å².